The highest BCUT2D eigenvalue weighted by Gasteiger charge is 2.23. The summed E-state index contributed by atoms with van der Waals surface area (Å²) in [6.45, 7) is 0. The van der Waals surface area contributed by atoms with Crippen molar-refractivity contribution in [3.8, 4) is 0 Å². The molecule has 18 heavy (non-hydrogen) atoms. The Morgan fingerprint density at radius 2 is 2.28 bits per heavy atom. The van der Waals surface area contributed by atoms with Gasteiger partial charge in [-0.3, -0.25) is 9.48 Å². The standard InChI is InChI=1S/C12H11BrClN3O/c1-17-6-7(5-16-17)11(15)12(18)10-8(13)3-2-4-9(10)14/h2-6,11H,15H2,1H3. The lowest BCUT2D eigenvalue weighted by atomic mass is 10.0. The molecule has 4 nitrogen and oxygen atoms in total. The summed E-state index contributed by atoms with van der Waals surface area (Å²) in [5.41, 5.74) is 7.00. The van der Waals surface area contributed by atoms with Crippen LogP contribution in [-0.4, -0.2) is 15.6 Å². The van der Waals surface area contributed by atoms with Crippen molar-refractivity contribution < 1.29 is 4.79 Å². The smallest absolute Gasteiger partial charge is 0.186 e. The second kappa shape index (κ2) is 5.22. The number of carbonyl (C=O) groups is 1. The van der Waals surface area contributed by atoms with Crippen molar-refractivity contribution in [1.82, 2.24) is 9.78 Å². The summed E-state index contributed by atoms with van der Waals surface area (Å²) in [5.74, 6) is -0.236. The first-order valence-corrected chi connectivity index (χ1v) is 6.40. The number of nitrogens with zero attached hydrogens (tertiary/aromatic N) is 2. The molecule has 2 aromatic rings. The zero-order valence-electron chi connectivity index (χ0n) is 9.60. The molecule has 0 amide bonds. The summed E-state index contributed by atoms with van der Waals surface area (Å²) in [4.78, 5) is 12.3. The summed E-state index contributed by atoms with van der Waals surface area (Å²) in [7, 11) is 1.77. The molecule has 0 aliphatic rings. The highest BCUT2D eigenvalue weighted by molar-refractivity contribution is 9.10. The average Bonchev–Trinajstić information content (AvgIpc) is 2.74. The van der Waals surface area contributed by atoms with Gasteiger partial charge < -0.3 is 5.73 Å². The fourth-order valence-electron chi connectivity index (χ4n) is 1.64. The van der Waals surface area contributed by atoms with Crippen molar-refractivity contribution in [3.63, 3.8) is 0 Å². The van der Waals surface area contributed by atoms with E-state index in [2.05, 4.69) is 21.0 Å². The quantitative estimate of drug-likeness (QED) is 0.881. The fourth-order valence-corrected chi connectivity index (χ4v) is 2.58. The molecule has 1 aromatic heterocycles. The molecule has 0 aliphatic heterocycles. The van der Waals surface area contributed by atoms with Gasteiger partial charge in [0.2, 0.25) is 0 Å². The highest BCUT2D eigenvalue weighted by Crippen LogP contribution is 2.28. The van der Waals surface area contributed by atoms with Gasteiger partial charge >= 0.3 is 0 Å². The molecule has 0 aliphatic carbocycles. The van der Waals surface area contributed by atoms with Crippen LogP contribution in [-0.2, 0) is 7.05 Å². The average molecular weight is 329 g/mol. The van der Waals surface area contributed by atoms with E-state index in [1.165, 1.54) is 0 Å². The largest absolute Gasteiger partial charge is 0.317 e. The maximum Gasteiger partial charge on any atom is 0.186 e. The molecule has 0 spiro atoms. The first-order valence-electron chi connectivity index (χ1n) is 5.23. The molecule has 6 heteroatoms. The SMILES string of the molecule is Cn1cc(C(N)C(=O)c2c(Cl)cccc2Br)cn1. The van der Waals surface area contributed by atoms with Crippen LogP contribution in [0.25, 0.3) is 0 Å². The number of hydrogen-bond acceptors (Lipinski definition) is 3. The Balaban J connectivity index is 2.37. The number of halogens is 2. The lowest BCUT2D eigenvalue weighted by Gasteiger charge is -2.11. The van der Waals surface area contributed by atoms with Crippen LogP contribution in [0.4, 0.5) is 0 Å². The van der Waals surface area contributed by atoms with E-state index in [1.54, 1.807) is 42.3 Å². The van der Waals surface area contributed by atoms with E-state index in [4.69, 9.17) is 17.3 Å². The summed E-state index contributed by atoms with van der Waals surface area (Å²) in [6.07, 6.45) is 3.29. The molecule has 94 valence electrons. The zero-order chi connectivity index (χ0) is 13.3. The molecule has 2 N–H and O–H groups in total. The predicted octanol–water partition coefficient (Wildman–Crippen LogP) is 2.72. The third kappa shape index (κ3) is 2.48. The van der Waals surface area contributed by atoms with Gasteiger partial charge in [-0.05, 0) is 28.1 Å². The van der Waals surface area contributed by atoms with Crippen LogP contribution in [0.5, 0.6) is 0 Å². The predicted molar refractivity (Wildman–Crippen MR) is 73.6 cm³/mol. The molecular formula is C12H11BrClN3O. The van der Waals surface area contributed by atoms with Gasteiger partial charge in [0.15, 0.2) is 5.78 Å². The number of rotatable bonds is 3. The van der Waals surface area contributed by atoms with Crippen LogP contribution in [0, 0.1) is 0 Å². The molecule has 2 rings (SSSR count). The number of benzene rings is 1. The number of hydrogen-bond donors (Lipinski definition) is 1. The minimum absolute atomic E-state index is 0.236. The second-order valence-corrected chi connectivity index (χ2v) is 5.15. The van der Waals surface area contributed by atoms with Crippen LogP contribution in [0.15, 0.2) is 35.1 Å². The summed E-state index contributed by atoms with van der Waals surface area (Å²) < 4.78 is 2.24. The molecule has 1 heterocycles. The van der Waals surface area contributed by atoms with Gasteiger partial charge in [0.1, 0.15) is 0 Å². The number of ketones is 1. The number of nitrogens with two attached hydrogens (primary N) is 1. The van der Waals surface area contributed by atoms with E-state index >= 15 is 0 Å². The molecule has 0 saturated carbocycles. The molecule has 0 radical (unpaired) electrons. The van der Waals surface area contributed by atoms with Gasteiger partial charge in [-0.15, -0.1) is 0 Å². The Bertz CT molecular complexity index is 577. The Morgan fingerprint density at radius 1 is 1.56 bits per heavy atom. The van der Waals surface area contributed by atoms with Crippen LogP contribution in [0.2, 0.25) is 5.02 Å². The highest BCUT2D eigenvalue weighted by atomic mass is 79.9. The minimum Gasteiger partial charge on any atom is -0.317 e. The van der Waals surface area contributed by atoms with Crippen molar-refractivity contribution in [2.45, 2.75) is 6.04 Å². The van der Waals surface area contributed by atoms with Crippen LogP contribution >= 0.6 is 27.5 Å². The first-order chi connectivity index (χ1) is 8.50. The molecule has 0 fully saturated rings. The van der Waals surface area contributed by atoms with Gasteiger partial charge in [0.05, 0.1) is 22.8 Å². The molecule has 1 atom stereocenters. The summed E-state index contributed by atoms with van der Waals surface area (Å²) in [5, 5.41) is 4.38. The Kier molecular flexibility index (Phi) is 3.85. The number of aromatic nitrogens is 2. The van der Waals surface area contributed by atoms with Crippen molar-refractivity contribution in [1.29, 1.82) is 0 Å². The van der Waals surface area contributed by atoms with Crippen molar-refractivity contribution in [3.05, 3.63) is 51.2 Å². The number of Topliss-reactive ketones (excluding diaryl/α,β-unsaturated/α-hetero) is 1. The third-order valence-corrected chi connectivity index (χ3v) is 3.55. The van der Waals surface area contributed by atoms with E-state index in [1.807, 2.05) is 0 Å². The van der Waals surface area contributed by atoms with Crippen molar-refractivity contribution >= 4 is 33.3 Å². The van der Waals surface area contributed by atoms with Gasteiger partial charge in [-0.25, -0.2) is 0 Å². The van der Waals surface area contributed by atoms with E-state index in [9.17, 15) is 4.79 Å². The van der Waals surface area contributed by atoms with Crippen molar-refractivity contribution in [2.24, 2.45) is 12.8 Å². The van der Waals surface area contributed by atoms with Crippen LogP contribution < -0.4 is 5.73 Å². The Morgan fingerprint density at radius 3 is 2.83 bits per heavy atom. The lowest BCUT2D eigenvalue weighted by molar-refractivity contribution is 0.0960. The lowest BCUT2D eigenvalue weighted by Crippen LogP contribution is -2.21. The number of carbonyl (C=O) groups excluding carboxylic acids is 1. The first kappa shape index (κ1) is 13.3. The van der Waals surface area contributed by atoms with Gasteiger partial charge in [-0.1, -0.05) is 17.7 Å². The fraction of sp³-hybridized carbons (Fsp3) is 0.167. The van der Waals surface area contributed by atoms with Crippen molar-refractivity contribution in [2.75, 3.05) is 0 Å². The summed E-state index contributed by atoms with van der Waals surface area (Å²) >= 11 is 9.35. The third-order valence-electron chi connectivity index (χ3n) is 2.58. The van der Waals surface area contributed by atoms with E-state index in [0.717, 1.165) is 0 Å². The minimum atomic E-state index is -0.769. The normalized spacial score (nSPS) is 12.4. The molecule has 1 aromatic carbocycles. The monoisotopic (exact) mass is 327 g/mol. The molecule has 1 unspecified atom stereocenters. The van der Waals surface area contributed by atoms with Crippen LogP contribution in [0.1, 0.15) is 22.0 Å². The van der Waals surface area contributed by atoms with E-state index in [0.29, 0.717) is 20.6 Å². The zero-order valence-corrected chi connectivity index (χ0v) is 11.9. The van der Waals surface area contributed by atoms with E-state index < -0.39 is 6.04 Å². The molecule has 0 bridgehead atoms. The Labute approximate surface area is 118 Å². The van der Waals surface area contributed by atoms with E-state index in [-0.39, 0.29) is 5.78 Å². The molecule has 0 saturated heterocycles. The number of aryl methyl sites for hydroxylation is 1. The molecular weight excluding hydrogens is 318 g/mol. The topological polar surface area (TPSA) is 60.9 Å². The van der Waals surface area contributed by atoms with Gasteiger partial charge in [0.25, 0.3) is 0 Å². The Hall–Kier alpha value is -1.17. The van der Waals surface area contributed by atoms with Crippen LogP contribution in [0.3, 0.4) is 0 Å². The van der Waals surface area contributed by atoms with Gasteiger partial charge in [-0.2, -0.15) is 5.10 Å². The maximum absolute atomic E-state index is 12.3. The van der Waals surface area contributed by atoms with Gasteiger partial charge in [0, 0.05) is 23.3 Å². The maximum atomic E-state index is 12.3. The second-order valence-electron chi connectivity index (χ2n) is 3.89. The summed E-state index contributed by atoms with van der Waals surface area (Å²) in [6, 6.07) is 4.42.